The third kappa shape index (κ3) is 3.36. The molecule has 0 unspecified atom stereocenters. The number of halogens is 1. The fraction of sp³-hybridized carbons (Fsp3) is 0.200. The smallest absolute Gasteiger partial charge is 0.244 e. The molecule has 0 aliphatic heterocycles. The Labute approximate surface area is 114 Å². The molecule has 1 aromatic carbocycles. The van der Waals surface area contributed by atoms with Crippen LogP contribution in [0, 0.1) is 0 Å². The van der Waals surface area contributed by atoms with Gasteiger partial charge in [-0.25, -0.2) is 13.5 Å². The van der Waals surface area contributed by atoms with Gasteiger partial charge in [-0.2, -0.15) is 4.98 Å². The molecule has 7 nitrogen and oxygen atoms in total. The molecule has 0 spiro atoms. The van der Waals surface area contributed by atoms with Crippen LogP contribution in [-0.2, 0) is 9.84 Å². The summed E-state index contributed by atoms with van der Waals surface area (Å²) in [6, 6.07) is 6.81. The molecule has 0 atom stereocenters. The molecule has 2 rings (SSSR count). The van der Waals surface area contributed by atoms with Gasteiger partial charge in [-0.3, -0.25) is 0 Å². The minimum absolute atomic E-state index is 0.0489. The van der Waals surface area contributed by atoms with E-state index in [0.29, 0.717) is 10.8 Å². The van der Waals surface area contributed by atoms with E-state index in [1.165, 1.54) is 0 Å². The van der Waals surface area contributed by atoms with E-state index in [9.17, 15) is 8.42 Å². The number of aromatic nitrogens is 3. The van der Waals surface area contributed by atoms with Gasteiger partial charge in [0.25, 0.3) is 0 Å². The Bertz CT molecular complexity index is 671. The molecule has 0 saturated heterocycles. The average molecular weight is 303 g/mol. The van der Waals surface area contributed by atoms with Gasteiger partial charge in [0.2, 0.25) is 20.9 Å². The van der Waals surface area contributed by atoms with E-state index in [1.807, 2.05) is 0 Å². The second-order valence-corrected chi connectivity index (χ2v) is 6.03. The first kappa shape index (κ1) is 13.6. The normalized spacial score (nSPS) is 11.4. The first-order valence-corrected chi connectivity index (χ1v) is 7.30. The van der Waals surface area contributed by atoms with Crippen molar-refractivity contribution in [3.8, 4) is 5.75 Å². The largest absolute Gasteiger partial charge is 0.491 e. The van der Waals surface area contributed by atoms with E-state index in [0.717, 1.165) is 0 Å². The molecule has 1 aromatic heterocycles. The summed E-state index contributed by atoms with van der Waals surface area (Å²) in [6.07, 6.45) is 0. The second-order valence-electron chi connectivity index (χ2n) is 3.60. The van der Waals surface area contributed by atoms with Crippen molar-refractivity contribution >= 4 is 27.4 Å². The van der Waals surface area contributed by atoms with Crippen molar-refractivity contribution in [3.05, 3.63) is 29.3 Å². The first-order valence-electron chi connectivity index (χ1n) is 5.27. The van der Waals surface area contributed by atoms with Crippen LogP contribution in [0.1, 0.15) is 0 Å². The Balaban J connectivity index is 1.98. The number of H-pyrrole nitrogens is 1. The molecule has 0 fully saturated rings. The van der Waals surface area contributed by atoms with E-state index >= 15 is 0 Å². The summed E-state index contributed by atoms with van der Waals surface area (Å²) in [4.78, 5) is 3.57. The number of hydrogen-bond acceptors (Lipinski definition) is 6. The molecule has 2 aromatic rings. The molecule has 0 bridgehead atoms. The van der Waals surface area contributed by atoms with Crippen LogP contribution in [0.4, 0.5) is 5.95 Å². The number of nitrogens with zero attached hydrogens (tertiary/aromatic N) is 2. The van der Waals surface area contributed by atoms with Crippen molar-refractivity contribution in [2.45, 2.75) is 5.16 Å². The summed E-state index contributed by atoms with van der Waals surface area (Å²) >= 11 is 5.88. The highest BCUT2D eigenvalue weighted by Gasteiger charge is 2.19. The molecule has 19 heavy (non-hydrogen) atoms. The summed E-state index contributed by atoms with van der Waals surface area (Å²) in [6.45, 7) is -0.0489. The highest BCUT2D eigenvalue weighted by atomic mass is 35.5. The molecule has 0 aliphatic rings. The minimum Gasteiger partial charge on any atom is -0.491 e. The Morgan fingerprint density at radius 3 is 2.74 bits per heavy atom. The highest BCUT2D eigenvalue weighted by molar-refractivity contribution is 7.91. The molecule has 0 amide bonds. The predicted octanol–water partition coefficient (Wildman–Crippen LogP) is 0.893. The topological polar surface area (TPSA) is 111 Å². The number of nitrogens with two attached hydrogens (primary N) is 1. The van der Waals surface area contributed by atoms with Gasteiger partial charge in [0, 0.05) is 0 Å². The lowest BCUT2D eigenvalue weighted by molar-refractivity contribution is 0.341. The molecule has 3 N–H and O–H groups in total. The average Bonchev–Trinajstić information content (AvgIpc) is 2.79. The van der Waals surface area contributed by atoms with Crippen LogP contribution in [0.2, 0.25) is 5.02 Å². The minimum atomic E-state index is -3.60. The summed E-state index contributed by atoms with van der Waals surface area (Å²) in [5, 5.41) is 5.86. The van der Waals surface area contributed by atoms with Gasteiger partial charge in [-0.05, 0) is 12.1 Å². The zero-order chi connectivity index (χ0) is 13.9. The summed E-state index contributed by atoms with van der Waals surface area (Å²) in [7, 11) is -3.60. The molecule has 9 heteroatoms. The van der Waals surface area contributed by atoms with E-state index in [1.54, 1.807) is 24.3 Å². The van der Waals surface area contributed by atoms with Crippen LogP contribution in [0.3, 0.4) is 0 Å². The van der Waals surface area contributed by atoms with Crippen LogP contribution < -0.4 is 10.5 Å². The van der Waals surface area contributed by atoms with Crippen molar-refractivity contribution in [3.63, 3.8) is 0 Å². The predicted molar refractivity (Wildman–Crippen MR) is 69.8 cm³/mol. The van der Waals surface area contributed by atoms with Crippen molar-refractivity contribution in [1.29, 1.82) is 0 Å². The van der Waals surface area contributed by atoms with Crippen LogP contribution in [0.25, 0.3) is 0 Å². The molecule has 0 aliphatic carbocycles. The quantitative estimate of drug-likeness (QED) is 0.848. The number of nitrogens with one attached hydrogen (secondary N) is 1. The third-order valence-corrected chi connectivity index (χ3v) is 4.01. The van der Waals surface area contributed by atoms with Crippen molar-refractivity contribution < 1.29 is 13.2 Å². The number of ether oxygens (including phenoxy) is 1. The van der Waals surface area contributed by atoms with Crippen LogP contribution in [0.5, 0.6) is 5.75 Å². The first-order chi connectivity index (χ1) is 8.99. The lowest BCUT2D eigenvalue weighted by atomic mass is 10.3. The lowest BCUT2D eigenvalue weighted by Crippen LogP contribution is -2.15. The van der Waals surface area contributed by atoms with Gasteiger partial charge in [0.05, 0.1) is 10.8 Å². The maximum atomic E-state index is 11.8. The second kappa shape index (κ2) is 5.45. The van der Waals surface area contributed by atoms with Crippen LogP contribution >= 0.6 is 11.6 Å². The van der Waals surface area contributed by atoms with Gasteiger partial charge in [0.1, 0.15) is 12.4 Å². The Hall–Kier alpha value is -1.80. The van der Waals surface area contributed by atoms with Crippen LogP contribution in [-0.4, -0.2) is 36.0 Å². The van der Waals surface area contributed by atoms with Crippen molar-refractivity contribution in [2.24, 2.45) is 0 Å². The summed E-state index contributed by atoms with van der Waals surface area (Å²) in [5.74, 6) is 0.0504. The number of benzene rings is 1. The number of para-hydroxylation sites is 1. The number of anilines is 1. The van der Waals surface area contributed by atoms with Gasteiger partial charge in [-0.15, -0.1) is 5.10 Å². The number of hydrogen-bond donors (Lipinski definition) is 2. The van der Waals surface area contributed by atoms with Gasteiger partial charge >= 0.3 is 0 Å². The maximum Gasteiger partial charge on any atom is 0.244 e. The van der Waals surface area contributed by atoms with Gasteiger partial charge in [-0.1, -0.05) is 23.7 Å². The molecular formula is C10H11ClN4O3S. The van der Waals surface area contributed by atoms with Crippen molar-refractivity contribution in [2.75, 3.05) is 18.1 Å². The molecule has 1 heterocycles. The van der Waals surface area contributed by atoms with E-state index < -0.39 is 9.84 Å². The Morgan fingerprint density at radius 2 is 2.11 bits per heavy atom. The fourth-order valence-electron chi connectivity index (χ4n) is 1.32. The lowest BCUT2D eigenvalue weighted by Gasteiger charge is -2.07. The number of rotatable bonds is 5. The van der Waals surface area contributed by atoms with Gasteiger partial charge < -0.3 is 10.5 Å². The Morgan fingerprint density at radius 1 is 1.37 bits per heavy atom. The van der Waals surface area contributed by atoms with Crippen molar-refractivity contribution in [1.82, 2.24) is 15.2 Å². The number of nitrogen functional groups attached to an aromatic ring is 1. The zero-order valence-corrected chi connectivity index (χ0v) is 11.3. The fourth-order valence-corrected chi connectivity index (χ4v) is 2.42. The van der Waals surface area contributed by atoms with Crippen LogP contribution in [0.15, 0.2) is 29.4 Å². The summed E-state index contributed by atoms with van der Waals surface area (Å²) in [5.41, 5.74) is 5.25. The number of aromatic amines is 1. The molecule has 102 valence electrons. The SMILES string of the molecule is Nc1n[nH]c(S(=O)(=O)CCOc2ccccc2Cl)n1. The molecule has 0 radical (unpaired) electrons. The van der Waals surface area contributed by atoms with Gasteiger partial charge in [0.15, 0.2) is 0 Å². The third-order valence-electron chi connectivity index (χ3n) is 2.22. The van der Waals surface area contributed by atoms with E-state index in [4.69, 9.17) is 22.1 Å². The van der Waals surface area contributed by atoms with E-state index in [-0.39, 0.29) is 23.5 Å². The Kier molecular flexibility index (Phi) is 3.91. The summed E-state index contributed by atoms with van der Waals surface area (Å²) < 4.78 is 28.9. The highest BCUT2D eigenvalue weighted by Crippen LogP contribution is 2.23. The zero-order valence-electron chi connectivity index (χ0n) is 9.71. The molecular weight excluding hydrogens is 292 g/mol. The van der Waals surface area contributed by atoms with E-state index in [2.05, 4.69) is 15.2 Å². The number of sulfone groups is 1. The standard InChI is InChI=1S/C10H11ClN4O3S/c11-7-3-1-2-4-8(7)18-5-6-19(16,17)10-13-9(12)14-15-10/h1-4H,5-6H2,(H3,12,13,14,15). The monoisotopic (exact) mass is 302 g/mol. The maximum absolute atomic E-state index is 11.8. The molecule has 0 saturated carbocycles.